The average molecular weight is 339 g/mol. The van der Waals surface area contributed by atoms with Gasteiger partial charge in [-0.2, -0.15) is 0 Å². The van der Waals surface area contributed by atoms with E-state index >= 15 is 0 Å². The number of hydrogen-bond donors (Lipinski definition) is 2. The predicted molar refractivity (Wildman–Crippen MR) is 95.6 cm³/mol. The third kappa shape index (κ3) is 7.02. The number of primary sulfonamides is 1. The summed E-state index contributed by atoms with van der Waals surface area (Å²) >= 11 is 0. The van der Waals surface area contributed by atoms with Gasteiger partial charge < -0.3 is 5.32 Å². The average Bonchev–Trinajstić information content (AvgIpc) is 2.52. The molecule has 2 rings (SSSR count). The number of nitrogens with two attached hydrogens (primary N) is 1. The maximum atomic E-state index is 11.2. The number of rotatable bonds is 8. The van der Waals surface area contributed by atoms with Crippen LogP contribution in [0.4, 0.5) is 0 Å². The fraction of sp³-hybridized carbons (Fsp3) is 0.667. The fourth-order valence-electron chi connectivity index (χ4n) is 3.52. The highest BCUT2D eigenvalue weighted by molar-refractivity contribution is 7.89. The van der Waals surface area contributed by atoms with Crippen molar-refractivity contribution in [3.05, 3.63) is 35.4 Å². The van der Waals surface area contributed by atoms with Gasteiger partial charge in [-0.15, -0.1) is 0 Å². The summed E-state index contributed by atoms with van der Waals surface area (Å²) in [5.41, 5.74) is 2.24. The van der Waals surface area contributed by atoms with Crippen LogP contribution in [0.1, 0.15) is 56.6 Å². The van der Waals surface area contributed by atoms with Gasteiger partial charge in [0, 0.05) is 12.6 Å². The molecular weight excluding hydrogens is 308 g/mol. The van der Waals surface area contributed by atoms with Crippen LogP contribution in [-0.4, -0.2) is 20.2 Å². The number of aryl methyl sites for hydroxylation is 1. The second kappa shape index (κ2) is 8.81. The molecule has 1 aliphatic rings. The SMILES string of the molecule is CC(CC1CCCCC1)NCc1ccccc1CCS(N)(=O)=O. The van der Waals surface area contributed by atoms with Crippen molar-refractivity contribution in [3.8, 4) is 0 Å². The molecule has 0 spiro atoms. The largest absolute Gasteiger partial charge is 0.310 e. The summed E-state index contributed by atoms with van der Waals surface area (Å²) in [7, 11) is -3.41. The first-order valence-electron chi connectivity index (χ1n) is 8.74. The molecule has 0 amide bonds. The van der Waals surface area contributed by atoms with Crippen LogP contribution in [0.2, 0.25) is 0 Å². The van der Waals surface area contributed by atoms with Gasteiger partial charge in [-0.1, -0.05) is 56.4 Å². The van der Waals surface area contributed by atoms with Gasteiger partial charge in [0.2, 0.25) is 10.0 Å². The highest BCUT2D eigenvalue weighted by atomic mass is 32.2. The molecule has 1 saturated carbocycles. The van der Waals surface area contributed by atoms with Crippen molar-refractivity contribution < 1.29 is 8.42 Å². The van der Waals surface area contributed by atoms with E-state index in [0.29, 0.717) is 12.5 Å². The van der Waals surface area contributed by atoms with E-state index < -0.39 is 10.0 Å². The summed E-state index contributed by atoms with van der Waals surface area (Å²) in [4.78, 5) is 0. The standard InChI is InChI=1S/C18H30N2O2S/c1-15(13-16-7-3-2-4-8-16)20-14-18-10-6-5-9-17(18)11-12-23(19,21)22/h5-6,9-10,15-16,20H,2-4,7-8,11-14H2,1H3,(H2,19,21,22). The van der Waals surface area contributed by atoms with Gasteiger partial charge in [0.25, 0.3) is 0 Å². The summed E-state index contributed by atoms with van der Waals surface area (Å²) in [5, 5.41) is 8.72. The van der Waals surface area contributed by atoms with Gasteiger partial charge in [-0.05, 0) is 36.8 Å². The molecule has 1 atom stereocenters. The smallest absolute Gasteiger partial charge is 0.209 e. The van der Waals surface area contributed by atoms with Crippen LogP contribution in [0.15, 0.2) is 24.3 Å². The molecule has 5 heteroatoms. The van der Waals surface area contributed by atoms with E-state index in [1.54, 1.807) is 0 Å². The van der Waals surface area contributed by atoms with Crippen LogP contribution >= 0.6 is 0 Å². The molecule has 1 unspecified atom stereocenters. The predicted octanol–water partition coefficient (Wildman–Crippen LogP) is 2.97. The fourth-order valence-corrected chi connectivity index (χ4v) is 4.02. The Morgan fingerprint density at radius 3 is 2.48 bits per heavy atom. The van der Waals surface area contributed by atoms with Gasteiger partial charge in [0.15, 0.2) is 0 Å². The number of nitrogens with one attached hydrogen (secondary N) is 1. The molecule has 3 N–H and O–H groups in total. The van der Waals surface area contributed by atoms with E-state index in [-0.39, 0.29) is 5.75 Å². The van der Waals surface area contributed by atoms with Crippen molar-refractivity contribution in [3.63, 3.8) is 0 Å². The van der Waals surface area contributed by atoms with E-state index in [1.807, 2.05) is 18.2 Å². The molecular formula is C18H30N2O2S. The molecule has 1 aliphatic carbocycles. The van der Waals surface area contributed by atoms with Crippen LogP contribution in [0.3, 0.4) is 0 Å². The van der Waals surface area contributed by atoms with Crippen LogP contribution in [0, 0.1) is 5.92 Å². The maximum Gasteiger partial charge on any atom is 0.209 e. The Morgan fingerprint density at radius 2 is 1.83 bits per heavy atom. The van der Waals surface area contributed by atoms with Crippen LogP contribution in [-0.2, 0) is 23.0 Å². The lowest BCUT2D eigenvalue weighted by Crippen LogP contribution is -2.29. The van der Waals surface area contributed by atoms with Gasteiger partial charge in [-0.25, -0.2) is 13.6 Å². The minimum atomic E-state index is -3.41. The quantitative estimate of drug-likeness (QED) is 0.765. The van der Waals surface area contributed by atoms with Gasteiger partial charge in [0.1, 0.15) is 0 Å². The molecule has 1 fully saturated rings. The Kier molecular flexibility index (Phi) is 7.06. The highest BCUT2D eigenvalue weighted by Gasteiger charge is 2.16. The lowest BCUT2D eigenvalue weighted by atomic mass is 9.85. The van der Waals surface area contributed by atoms with Gasteiger partial charge in [-0.3, -0.25) is 0 Å². The molecule has 0 bridgehead atoms. The molecule has 0 heterocycles. The zero-order valence-corrected chi connectivity index (χ0v) is 14.9. The number of sulfonamides is 1. The summed E-state index contributed by atoms with van der Waals surface area (Å²) in [6.07, 6.45) is 8.62. The van der Waals surface area contributed by atoms with E-state index in [4.69, 9.17) is 5.14 Å². The lowest BCUT2D eigenvalue weighted by Gasteiger charge is -2.25. The molecule has 0 radical (unpaired) electrons. The first-order chi connectivity index (χ1) is 10.9. The summed E-state index contributed by atoms with van der Waals surface area (Å²) in [6.45, 7) is 3.04. The Morgan fingerprint density at radius 1 is 1.17 bits per heavy atom. The Balaban J connectivity index is 1.84. The third-order valence-electron chi connectivity index (χ3n) is 4.83. The molecule has 23 heavy (non-hydrogen) atoms. The Hall–Kier alpha value is -0.910. The van der Waals surface area contributed by atoms with E-state index in [9.17, 15) is 8.42 Å². The molecule has 1 aromatic carbocycles. The summed E-state index contributed by atoms with van der Waals surface area (Å²) in [5.74, 6) is 0.866. The first kappa shape index (κ1) is 18.4. The second-order valence-corrected chi connectivity index (χ2v) is 8.64. The van der Waals surface area contributed by atoms with Crippen LogP contribution < -0.4 is 10.5 Å². The van der Waals surface area contributed by atoms with Crippen molar-refractivity contribution in [2.24, 2.45) is 11.1 Å². The Bertz CT molecular complexity index is 580. The Labute approximate surface area is 140 Å². The van der Waals surface area contributed by atoms with Crippen LogP contribution in [0.5, 0.6) is 0 Å². The van der Waals surface area contributed by atoms with E-state index in [0.717, 1.165) is 18.0 Å². The maximum absolute atomic E-state index is 11.2. The molecule has 4 nitrogen and oxygen atoms in total. The third-order valence-corrected chi connectivity index (χ3v) is 5.60. The number of benzene rings is 1. The molecule has 0 aliphatic heterocycles. The minimum absolute atomic E-state index is 0.00163. The monoisotopic (exact) mass is 338 g/mol. The van der Waals surface area contributed by atoms with E-state index in [1.165, 1.54) is 44.1 Å². The zero-order chi connectivity index (χ0) is 16.7. The zero-order valence-electron chi connectivity index (χ0n) is 14.1. The van der Waals surface area contributed by atoms with E-state index in [2.05, 4.69) is 18.3 Å². The lowest BCUT2D eigenvalue weighted by molar-refractivity contribution is 0.304. The normalized spacial score (nSPS) is 18.0. The van der Waals surface area contributed by atoms with Crippen molar-refractivity contribution >= 4 is 10.0 Å². The molecule has 0 aromatic heterocycles. The summed E-state index contributed by atoms with van der Waals surface area (Å²) in [6, 6.07) is 8.51. The van der Waals surface area contributed by atoms with Crippen molar-refractivity contribution in [2.75, 3.05) is 5.75 Å². The molecule has 130 valence electrons. The van der Waals surface area contributed by atoms with Crippen molar-refractivity contribution in [2.45, 2.75) is 64.5 Å². The van der Waals surface area contributed by atoms with Crippen molar-refractivity contribution in [1.29, 1.82) is 0 Å². The van der Waals surface area contributed by atoms with Gasteiger partial charge >= 0.3 is 0 Å². The second-order valence-electron chi connectivity index (χ2n) is 6.91. The van der Waals surface area contributed by atoms with Gasteiger partial charge in [0.05, 0.1) is 5.75 Å². The minimum Gasteiger partial charge on any atom is -0.310 e. The first-order valence-corrected chi connectivity index (χ1v) is 10.5. The molecule has 1 aromatic rings. The highest BCUT2D eigenvalue weighted by Crippen LogP contribution is 2.27. The topological polar surface area (TPSA) is 72.2 Å². The van der Waals surface area contributed by atoms with Crippen LogP contribution in [0.25, 0.3) is 0 Å². The van der Waals surface area contributed by atoms with Crippen molar-refractivity contribution in [1.82, 2.24) is 5.32 Å². The molecule has 0 saturated heterocycles. The summed E-state index contributed by atoms with van der Waals surface area (Å²) < 4.78 is 22.3. The number of hydrogen-bond acceptors (Lipinski definition) is 3.